The first-order chi connectivity index (χ1) is 15.8. The van der Waals surface area contributed by atoms with E-state index in [1.807, 2.05) is 39.4 Å². The Hall–Kier alpha value is -2.90. The van der Waals surface area contributed by atoms with Crippen LogP contribution in [0, 0.1) is 19.7 Å². The molecule has 1 aliphatic rings. The summed E-state index contributed by atoms with van der Waals surface area (Å²) >= 11 is 6.01. The minimum absolute atomic E-state index is 0.0491. The van der Waals surface area contributed by atoms with Crippen molar-refractivity contribution in [3.05, 3.63) is 70.1 Å². The van der Waals surface area contributed by atoms with E-state index < -0.39 is 5.82 Å². The number of fused-ring (bicyclic) bond motifs is 1. The summed E-state index contributed by atoms with van der Waals surface area (Å²) in [5.41, 5.74) is 5.75. The minimum Gasteiger partial charge on any atom is -0.370 e. The summed E-state index contributed by atoms with van der Waals surface area (Å²) in [5.74, 6) is -0.268. The molecule has 4 heterocycles. The summed E-state index contributed by atoms with van der Waals surface area (Å²) in [7, 11) is 1.90. The van der Waals surface area contributed by atoms with E-state index in [0.29, 0.717) is 27.3 Å². The standard InChI is InChI=1S/C25H25ClFN5O/c1-13-7-16(8-23(33-13)17-11-28-32(4)12-17)22-10-20(19-6-5-18(26)9-21(19)27)24-25(31-22)30-15(3)14(2)29-24/h5-6,9-13,16,23H,7-8H2,1-4H3/t13-,16-,23-/m1/s1. The van der Waals surface area contributed by atoms with Crippen molar-refractivity contribution in [3.63, 3.8) is 0 Å². The van der Waals surface area contributed by atoms with Crippen LogP contribution in [0.5, 0.6) is 0 Å². The fourth-order valence-corrected chi connectivity index (χ4v) is 4.71. The van der Waals surface area contributed by atoms with Gasteiger partial charge in [0.25, 0.3) is 0 Å². The van der Waals surface area contributed by atoms with Crippen molar-refractivity contribution in [2.24, 2.45) is 7.05 Å². The number of hydrogen-bond donors (Lipinski definition) is 0. The zero-order valence-electron chi connectivity index (χ0n) is 19.0. The van der Waals surface area contributed by atoms with Crippen LogP contribution in [-0.2, 0) is 11.8 Å². The lowest BCUT2D eigenvalue weighted by molar-refractivity contribution is -0.0505. The topological polar surface area (TPSA) is 65.7 Å². The van der Waals surface area contributed by atoms with Gasteiger partial charge >= 0.3 is 0 Å². The molecule has 1 aliphatic heterocycles. The number of nitrogens with zero attached hydrogens (tertiary/aromatic N) is 5. The van der Waals surface area contributed by atoms with Crippen molar-refractivity contribution >= 4 is 22.8 Å². The van der Waals surface area contributed by atoms with Gasteiger partial charge in [0.2, 0.25) is 0 Å². The quantitative estimate of drug-likeness (QED) is 0.379. The van der Waals surface area contributed by atoms with Gasteiger partial charge < -0.3 is 4.74 Å². The van der Waals surface area contributed by atoms with Crippen LogP contribution in [0.2, 0.25) is 5.02 Å². The molecule has 1 aromatic carbocycles. The maximum atomic E-state index is 15.0. The first-order valence-electron chi connectivity index (χ1n) is 11.0. The van der Waals surface area contributed by atoms with Gasteiger partial charge in [0.15, 0.2) is 5.65 Å². The van der Waals surface area contributed by atoms with Gasteiger partial charge in [0.05, 0.1) is 29.8 Å². The fraction of sp³-hybridized carbons (Fsp3) is 0.360. The van der Waals surface area contributed by atoms with Crippen molar-refractivity contribution in [1.82, 2.24) is 24.7 Å². The summed E-state index contributed by atoms with van der Waals surface area (Å²) in [6.07, 6.45) is 5.38. The van der Waals surface area contributed by atoms with E-state index in [1.54, 1.807) is 16.8 Å². The number of ether oxygens (including phenoxy) is 1. The molecule has 6 nitrogen and oxygen atoms in total. The summed E-state index contributed by atoms with van der Waals surface area (Å²) in [4.78, 5) is 14.3. The molecular weight excluding hydrogens is 441 g/mol. The number of halogens is 2. The van der Waals surface area contributed by atoms with Crippen molar-refractivity contribution in [1.29, 1.82) is 0 Å². The lowest BCUT2D eigenvalue weighted by atomic mass is 9.86. The van der Waals surface area contributed by atoms with Crippen molar-refractivity contribution in [2.45, 2.75) is 51.7 Å². The molecule has 8 heteroatoms. The summed E-state index contributed by atoms with van der Waals surface area (Å²) in [6.45, 7) is 5.88. The molecule has 170 valence electrons. The third-order valence-electron chi connectivity index (χ3n) is 6.32. The molecule has 5 rings (SSSR count). The molecule has 0 bridgehead atoms. The molecule has 4 aromatic rings. The van der Waals surface area contributed by atoms with E-state index in [4.69, 9.17) is 31.3 Å². The Morgan fingerprint density at radius 2 is 1.85 bits per heavy atom. The van der Waals surface area contributed by atoms with Gasteiger partial charge in [0.1, 0.15) is 11.3 Å². The molecule has 1 fully saturated rings. The first-order valence-corrected chi connectivity index (χ1v) is 11.4. The third kappa shape index (κ3) is 4.23. The average Bonchev–Trinajstić information content (AvgIpc) is 3.20. The molecule has 3 aromatic heterocycles. The number of rotatable bonds is 3. The maximum Gasteiger partial charge on any atom is 0.179 e. The van der Waals surface area contributed by atoms with Crippen molar-refractivity contribution < 1.29 is 9.13 Å². The Labute approximate surface area is 196 Å². The van der Waals surface area contributed by atoms with Crippen LogP contribution >= 0.6 is 11.6 Å². The Balaban J connectivity index is 1.64. The summed E-state index contributed by atoms with van der Waals surface area (Å²) in [6, 6.07) is 6.67. The van der Waals surface area contributed by atoms with E-state index >= 15 is 0 Å². The monoisotopic (exact) mass is 465 g/mol. The van der Waals surface area contributed by atoms with Crippen molar-refractivity contribution in [2.75, 3.05) is 0 Å². The second-order valence-corrected chi connectivity index (χ2v) is 9.27. The van der Waals surface area contributed by atoms with Gasteiger partial charge in [0, 0.05) is 46.6 Å². The molecule has 0 amide bonds. The number of hydrogen-bond acceptors (Lipinski definition) is 5. The molecular formula is C25H25ClFN5O. The Morgan fingerprint density at radius 1 is 1.06 bits per heavy atom. The van der Waals surface area contributed by atoms with E-state index in [0.717, 1.165) is 35.5 Å². The zero-order chi connectivity index (χ0) is 23.3. The van der Waals surface area contributed by atoms with Gasteiger partial charge in [-0.1, -0.05) is 11.6 Å². The van der Waals surface area contributed by atoms with Crippen LogP contribution in [0.3, 0.4) is 0 Å². The smallest absolute Gasteiger partial charge is 0.179 e. The van der Waals surface area contributed by atoms with Crippen LogP contribution < -0.4 is 0 Å². The second kappa shape index (κ2) is 8.47. The van der Waals surface area contributed by atoms with Gasteiger partial charge in [-0.3, -0.25) is 4.68 Å². The van der Waals surface area contributed by atoms with Crippen LogP contribution in [0.1, 0.15) is 54.4 Å². The molecule has 0 saturated carbocycles. The first kappa shape index (κ1) is 21.9. The van der Waals surface area contributed by atoms with E-state index in [-0.39, 0.29) is 18.1 Å². The number of pyridine rings is 1. The molecule has 0 aliphatic carbocycles. The molecule has 33 heavy (non-hydrogen) atoms. The largest absolute Gasteiger partial charge is 0.370 e. The van der Waals surface area contributed by atoms with E-state index in [2.05, 4.69) is 12.0 Å². The highest BCUT2D eigenvalue weighted by molar-refractivity contribution is 6.30. The molecule has 0 N–H and O–H groups in total. The Morgan fingerprint density at radius 3 is 2.58 bits per heavy atom. The van der Waals surface area contributed by atoms with Gasteiger partial charge in [-0.25, -0.2) is 19.3 Å². The molecule has 1 saturated heterocycles. The fourth-order valence-electron chi connectivity index (χ4n) is 4.55. The number of aromatic nitrogens is 5. The lowest BCUT2D eigenvalue weighted by Gasteiger charge is -2.33. The highest BCUT2D eigenvalue weighted by atomic mass is 35.5. The lowest BCUT2D eigenvalue weighted by Crippen LogP contribution is -2.25. The number of benzene rings is 1. The number of aryl methyl sites for hydroxylation is 3. The highest BCUT2D eigenvalue weighted by Crippen LogP contribution is 2.41. The Bertz CT molecular complexity index is 1350. The van der Waals surface area contributed by atoms with E-state index in [9.17, 15) is 4.39 Å². The average molecular weight is 466 g/mol. The van der Waals surface area contributed by atoms with Crippen LogP contribution in [-0.4, -0.2) is 30.8 Å². The van der Waals surface area contributed by atoms with Crippen LogP contribution in [0.4, 0.5) is 4.39 Å². The normalized spacial score (nSPS) is 21.0. The minimum atomic E-state index is -0.394. The zero-order valence-corrected chi connectivity index (χ0v) is 19.8. The van der Waals surface area contributed by atoms with Gasteiger partial charge in [-0.15, -0.1) is 0 Å². The van der Waals surface area contributed by atoms with Gasteiger partial charge in [-0.05, 0) is 57.9 Å². The summed E-state index contributed by atoms with van der Waals surface area (Å²) < 4.78 is 23.0. The van der Waals surface area contributed by atoms with Crippen molar-refractivity contribution in [3.8, 4) is 11.1 Å². The van der Waals surface area contributed by atoms with Crippen LogP contribution in [0.15, 0.2) is 36.7 Å². The molecule has 0 radical (unpaired) electrons. The Kier molecular flexibility index (Phi) is 5.62. The van der Waals surface area contributed by atoms with E-state index in [1.165, 1.54) is 6.07 Å². The highest BCUT2D eigenvalue weighted by Gasteiger charge is 2.31. The molecule has 0 unspecified atom stereocenters. The van der Waals surface area contributed by atoms with Gasteiger partial charge in [-0.2, -0.15) is 5.10 Å². The van der Waals surface area contributed by atoms with Crippen LogP contribution in [0.25, 0.3) is 22.3 Å². The predicted molar refractivity (Wildman–Crippen MR) is 126 cm³/mol. The second-order valence-electron chi connectivity index (χ2n) is 8.84. The third-order valence-corrected chi connectivity index (χ3v) is 6.55. The molecule has 3 atom stereocenters. The summed E-state index contributed by atoms with van der Waals surface area (Å²) in [5, 5.41) is 4.65. The predicted octanol–water partition coefficient (Wildman–Crippen LogP) is 5.86. The SMILES string of the molecule is Cc1nc2nc([C@@H]3C[C@@H](C)O[C@@H](c4cnn(C)c4)C3)cc(-c3ccc(Cl)cc3F)c2nc1C. The molecule has 0 spiro atoms. The maximum absolute atomic E-state index is 15.0.